The Labute approximate surface area is 126 Å². The molecule has 0 amide bonds. The zero-order valence-corrected chi connectivity index (χ0v) is 11.2. The molecule has 2 aromatic rings. The number of ether oxygens (including phenoxy) is 2. The SMILES string of the molecule is O=C(O)c1cc(Cl)nnc1Oc1ccc(OC(F)(F)F)cc1. The van der Waals surface area contributed by atoms with Gasteiger partial charge in [0.25, 0.3) is 5.88 Å². The Balaban J connectivity index is 2.20. The molecule has 0 atom stereocenters. The second-order valence-corrected chi connectivity index (χ2v) is 4.20. The van der Waals surface area contributed by atoms with Crippen molar-refractivity contribution in [1.82, 2.24) is 10.2 Å². The van der Waals surface area contributed by atoms with Gasteiger partial charge >= 0.3 is 12.3 Å². The molecule has 0 aliphatic carbocycles. The molecule has 1 N–H and O–H groups in total. The van der Waals surface area contributed by atoms with Crippen molar-refractivity contribution in [2.75, 3.05) is 0 Å². The number of halogens is 4. The number of alkyl halides is 3. The highest BCUT2D eigenvalue weighted by Crippen LogP contribution is 2.28. The van der Waals surface area contributed by atoms with Crippen LogP contribution in [0.25, 0.3) is 0 Å². The quantitative estimate of drug-likeness (QED) is 0.921. The highest BCUT2D eigenvalue weighted by molar-refractivity contribution is 6.29. The summed E-state index contributed by atoms with van der Waals surface area (Å²) in [6, 6.07) is 5.36. The molecule has 0 aliphatic heterocycles. The standard InChI is InChI=1S/C12H6ClF3N2O4/c13-9-5-8(11(19)20)10(18-17-9)21-6-1-3-7(4-2-6)22-12(14,15)16/h1-5H,(H,19,20). The average molecular weight is 335 g/mol. The number of aromatic carboxylic acids is 1. The fourth-order valence-electron chi connectivity index (χ4n) is 1.41. The van der Waals surface area contributed by atoms with Crippen LogP contribution in [0.1, 0.15) is 10.4 Å². The molecule has 0 spiro atoms. The van der Waals surface area contributed by atoms with E-state index in [4.69, 9.17) is 21.4 Å². The van der Waals surface area contributed by atoms with Crippen molar-refractivity contribution in [2.24, 2.45) is 0 Å². The van der Waals surface area contributed by atoms with Crippen molar-refractivity contribution in [2.45, 2.75) is 6.36 Å². The Kier molecular flexibility index (Phi) is 4.36. The third-order valence-corrected chi connectivity index (χ3v) is 2.42. The van der Waals surface area contributed by atoms with Crippen molar-refractivity contribution in [3.63, 3.8) is 0 Å². The molecule has 1 aromatic carbocycles. The van der Waals surface area contributed by atoms with Gasteiger partial charge < -0.3 is 14.6 Å². The van der Waals surface area contributed by atoms with Crippen LogP contribution in [0, 0.1) is 0 Å². The summed E-state index contributed by atoms with van der Waals surface area (Å²) in [5, 5.41) is 15.8. The van der Waals surface area contributed by atoms with Crippen LogP contribution in [0.4, 0.5) is 13.2 Å². The van der Waals surface area contributed by atoms with Crippen molar-refractivity contribution in [1.29, 1.82) is 0 Å². The van der Waals surface area contributed by atoms with Crippen LogP contribution in [0.5, 0.6) is 17.4 Å². The van der Waals surface area contributed by atoms with Gasteiger partial charge in [0.2, 0.25) is 0 Å². The number of carboxylic acid groups (broad SMARTS) is 1. The molecule has 6 nitrogen and oxygen atoms in total. The van der Waals surface area contributed by atoms with Crippen molar-refractivity contribution in [3.8, 4) is 17.4 Å². The normalized spacial score (nSPS) is 11.1. The minimum Gasteiger partial charge on any atom is -0.477 e. The molecular weight excluding hydrogens is 329 g/mol. The third kappa shape index (κ3) is 4.22. The summed E-state index contributed by atoms with van der Waals surface area (Å²) in [4.78, 5) is 11.0. The van der Waals surface area contributed by atoms with Crippen LogP contribution in [0.15, 0.2) is 30.3 Å². The van der Waals surface area contributed by atoms with Gasteiger partial charge in [-0.3, -0.25) is 0 Å². The molecule has 0 saturated heterocycles. The summed E-state index contributed by atoms with van der Waals surface area (Å²) in [5.74, 6) is -2.08. The summed E-state index contributed by atoms with van der Waals surface area (Å²) in [6.07, 6.45) is -4.81. The second kappa shape index (κ2) is 6.06. The Morgan fingerprint density at radius 3 is 2.27 bits per heavy atom. The molecule has 0 radical (unpaired) electrons. The van der Waals surface area contributed by atoms with Gasteiger partial charge in [-0.15, -0.1) is 23.4 Å². The highest BCUT2D eigenvalue weighted by Gasteiger charge is 2.31. The first-order chi connectivity index (χ1) is 10.2. The van der Waals surface area contributed by atoms with Crippen LogP contribution in [0.2, 0.25) is 5.15 Å². The Morgan fingerprint density at radius 2 is 1.73 bits per heavy atom. The first-order valence-electron chi connectivity index (χ1n) is 5.55. The van der Waals surface area contributed by atoms with E-state index in [1.807, 2.05) is 0 Å². The minimum atomic E-state index is -4.81. The van der Waals surface area contributed by atoms with Crippen molar-refractivity contribution < 1.29 is 32.5 Å². The molecule has 1 aromatic heterocycles. The van der Waals surface area contributed by atoms with E-state index in [2.05, 4.69) is 14.9 Å². The smallest absolute Gasteiger partial charge is 0.477 e. The molecule has 0 saturated carbocycles. The summed E-state index contributed by atoms with van der Waals surface area (Å²) >= 11 is 5.53. The fraction of sp³-hybridized carbons (Fsp3) is 0.0833. The van der Waals surface area contributed by atoms with Gasteiger partial charge in [0.1, 0.15) is 17.1 Å². The topological polar surface area (TPSA) is 81.5 Å². The van der Waals surface area contributed by atoms with E-state index in [-0.39, 0.29) is 22.3 Å². The fourth-order valence-corrected chi connectivity index (χ4v) is 1.55. The average Bonchev–Trinajstić information content (AvgIpc) is 2.41. The van der Waals surface area contributed by atoms with Gasteiger partial charge in [0.15, 0.2) is 5.15 Å². The number of carbonyl (C=O) groups is 1. The largest absolute Gasteiger partial charge is 0.573 e. The predicted octanol–water partition coefficient (Wildman–Crippen LogP) is 3.52. The number of carboxylic acids is 1. The number of nitrogens with zero attached hydrogens (tertiary/aromatic N) is 2. The summed E-state index contributed by atoms with van der Waals surface area (Å²) in [6.45, 7) is 0. The number of hydrogen-bond donors (Lipinski definition) is 1. The summed E-state index contributed by atoms with van der Waals surface area (Å²) < 4.78 is 44.9. The van der Waals surface area contributed by atoms with Gasteiger partial charge in [0, 0.05) is 0 Å². The lowest BCUT2D eigenvalue weighted by atomic mass is 10.3. The highest BCUT2D eigenvalue weighted by atomic mass is 35.5. The maximum absolute atomic E-state index is 12.0. The lowest BCUT2D eigenvalue weighted by Gasteiger charge is -2.10. The lowest BCUT2D eigenvalue weighted by molar-refractivity contribution is -0.274. The van der Waals surface area contributed by atoms with Crippen LogP contribution in [-0.4, -0.2) is 27.6 Å². The minimum absolute atomic E-state index is 0.0497. The molecule has 0 aliphatic rings. The molecule has 0 fully saturated rings. The molecule has 22 heavy (non-hydrogen) atoms. The molecule has 2 rings (SSSR count). The molecular formula is C12H6ClF3N2O4. The Morgan fingerprint density at radius 1 is 1.14 bits per heavy atom. The van der Waals surface area contributed by atoms with E-state index < -0.39 is 18.1 Å². The van der Waals surface area contributed by atoms with E-state index >= 15 is 0 Å². The summed E-state index contributed by atoms with van der Waals surface area (Å²) in [5.41, 5.74) is -0.337. The van der Waals surface area contributed by atoms with E-state index in [0.29, 0.717) is 0 Å². The number of hydrogen-bond acceptors (Lipinski definition) is 5. The zero-order chi connectivity index (χ0) is 16.3. The van der Waals surface area contributed by atoms with Crippen molar-refractivity contribution >= 4 is 17.6 Å². The number of benzene rings is 1. The van der Waals surface area contributed by atoms with Gasteiger partial charge in [-0.1, -0.05) is 11.6 Å². The van der Waals surface area contributed by atoms with Gasteiger partial charge in [-0.25, -0.2) is 4.79 Å². The maximum Gasteiger partial charge on any atom is 0.573 e. The van der Waals surface area contributed by atoms with E-state index in [1.165, 1.54) is 0 Å². The first kappa shape index (κ1) is 15.8. The van der Waals surface area contributed by atoms with Gasteiger partial charge in [0.05, 0.1) is 0 Å². The monoisotopic (exact) mass is 334 g/mol. The molecule has 0 unspecified atom stereocenters. The molecule has 1 heterocycles. The van der Waals surface area contributed by atoms with Gasteiger partial charge in [-0.05, 0) is 30.3 Å². The lowest BCUT2D eigenvalue weighted by Crippen LogP contribution is -2.16. The third-order valence-electron chi connectivity index (χ3n) is 2.23. The predicted molar refractivity (Wildman–Crippen MR) is 67.2 cm³/mol. The molecule has 0 bridgehead atoms. The van der Waals surface area contributed by atoms with Crippen LogP contribution in [-0.2, 0) is 0 Å². The van der Waals surface area contributed by atoms with Crippen LogP contribution in [0.3, 0.4) is 0 Å². The van der Waals surface area contributed by atoms with Gasteiger partial charge in [-0.2, -0.15) is 0 Å². The number of aromatic nitrogens is 2. The first-order valence-corrected chi connectivity index (χ1v) is 5.92. The summed E-state index contributed by atoms with van der Waals surface area (Å²) in [7, 11) is 0. The van der Waals surface area contributed by atoms with E-state index in [0.717, 1.165) is 30.3 Å². The Hall–Kier alpha value is -2.55. The van der Waals surface area contributed by atoms with Crippen LogP contribution < -0.4 is 9.47 Å². The maximum atomic E-state index is 12.0. The number of rotatable bonds is 4. The van der Waals surface area contributed by atoms with E-state index in [9.17, 15) is 18.0 Å². The van der Waals surface area contributed by atoms with E-state index in [1.54, 1.807) is 0 Å². The zero-order valence-electron chi connectivity index (χ0n) is 10.5. The van der Waals surface area contributed by atoms with Crippen molar-refractivity contribution in [3.05, 3.63) is 41.0 Å². The second-order valence-electron chi connectivity index (χ2n) is 3.81. The Bertz CT molecular complexity index is 692. The molecule has 116 valence electrons. The molecule has 10 heteroatoms. The van der Waals surface area contributed by atoms with Crippen LogP contribution >= 0.6 is 11.6 Å².